The fourth-order valence-corrected chi connectivity index (χ4v) is 1.52. The third kappa shape index (κ3) is 4.86. The van der Waals surface area contributed by atoms with Gasteiger partial charge in [0.05, 0.1) is 6.42 Å². The Kier molecular flexibility index (Phi) is 4.62. The van der Waals surface area contributed by atoms with Crippen LogP contribution in [0.5, 0.6) is 0 Å². The van der Waals surface area contributed by atoms with E-state index in [1.807, 2.05) is 13.0 Å². The van der Waals surface area contributed by atoms with E-state index in [0.29, 0.717) is 5.02 Å². The molecule has 0 aromatic heterocycles. The fraction of sp³-hybridized carbons (Fsp3) is 0.455. The molecule has 0 saturated carbocycles. The van der Waals surface area contributed by atoms with E-state index in [0.717, 1.165) is 5.56 Å². The molecule has 0 fully saturated rings. The van der Waals surface area contributed by atoms with Gasteiger partial charge in [-0.05, 0) is 24.6 Å². The van der Waals surface area contributed by atoms with E-state index >= 15 is 0 Å². The molecule has 0 radical (unpaired) electrons. The number of nitrogens with one attached hydrogen (secondary N) is 1. The summed E-state index contributed by atoms with van der Waals surface area (Å²) in [5, 5.41) is 3.39. The molecule has 0 aliphatic carbocycles. The molecule has 1 rings (SSSR count). The van der Waals surface area contributed by atoms with Crippen LogP contribution in [0.2, 0.25) is 5.02 Å². The lowest BCUT2D eigenvalue weighted by molar-refractivity contribution is -0.133. The zero-order valence-corrected chi connectivity index (χ0v) is 9.57. The van der Waals surface area contributed by atoms with E-state index in [1.165, 1.54) is 0 Å². The minimum Gasteiger partial charge on any atom is -0.310 e. The monoisotopic (exact) mass is 251 g/mol. The maximum atomic E-state index is 11.9. The molecular formula is C11H13ClF3N. The number of hydrogen-bond donors (Lipinski definition) is 1. The van der Waals surface area contributed by atoms with E-state index in [4.69, 9.17) is 11.6 Å². The molecule has 16 heavy (non-hydrogen) atoms. The van der Waals surface area contributed by atoms with Crippen LogP contribution in [0.15, 0.2) is 24.3 Å². The van der Waals surface area contributed by atoms with Gasteiger partial charge in [-0.15, -0.1) is 0 Å². The Morgan fingerprint density at radius 1 is 1.38 bits per heavy atom. The van der Waals surface area contributed by atoms with Crippen molar-refractivity contribution in [1.29, 1.82) is 0 Å². The first-order valence-corrected chi connectivity index (χ1v) is 5.32. The highest BCUT2D eigenvalue weighted by molar-refractivity contribution is 6.30. The molecule has 0 bridgehead atoms. The zero-order chi connectivity index (χ0) is 12.2. The van der Waals surface area contributed by atoms with Crippen LogP contribution in [0, 0.1) is 0 Å². The van der Waals surface area contributed by atoms with E-state index in [-0.39, 0.29) is 12.6 Å². The van der Waals surface area contributed by atoms with Crippen LogP contribution in [0.1, 0.15) is 24.9 Å². The van der Waals surface area contributed by atoms with Crippen molar-refractivity contribution in [2.75, 3.05) is 6.54 Å². The molecule has 0 amide bonds. The highest BCUT2D eigenvalue weighted by atomic mass is 35.5. The van der Waals surface area contributed by atoms with Crippen LogP contribution in [-0.4, -0.2) is 12.7 Å². The van der Waals surface area contributed by atoms with Crippen molar-refractivity contribution in [3.05, 3.63) is 34.9 Å². The highest BCUT2D eigenvalue weighted by Gasteiger charge is 2.26. The van der Waals surface area contributed by atoms with Crippen molar-refractivity contribution < 1.29 is 13.2 Å². The van der Waals surface area contributed by atoms with Gasteiger partial charge in [0.1, 0.15) is 0 Å². The van der Waals surface area contributed by atoms with Gasteiger partial charge in [0.15, 0.2) is 0 Å². The average molecular weight is 252 g/mol. The second kappa shape index (κ2) is 5.55. The molecular weight excluding hydrogens is 239 g/mol. The van der Waals surface area contributed by atoms with E-state index in [2.05, 4.69) is 5.32 Å². The lowest BCUT2D eigenvalue weighted by atomic mass is 10.1. The van der Waals surface area contributed by atoms with E-state index < -0.39 is 12.6 Å². The van der Waals surface area contributed by atoms with Crippen molar-refractivity contribution in [2.24, 2.45) is 0 Å². The topological polar surface area (TPSA) is 12.0 Å². The van der Waals surface area contributed by atoms with Crippen molar-refractivity contribution in [2.45, 2.75) is 25.6 Å². The lowest BCUT2D eigenvalue weighted by Gasteiger charge is -2.15. The summed E-state index contributed by atoms with van der Waals surface area (Å²) < 4.78 is 35.7. The second-order valence-corrected chi connectivity index (χ2v) is 4.03. The van der Waals surface area contributed by atoms with Crippen LogP contribution in [-0.2, 0) is 0 Å². The minimum atomic E-state index is -4.11. The Hall–Kier alpha value is -0.740. The molecule has 0 heterocycles. The Bertz CT molecular complexity index is 338. The molecule has 0 spiro atoms. The van der Waals surface area contributed by atoms with Gasteiger partial charge in [-0.2, -0.15) is 13.2 Å². The Morgan fingerprint density at radius 3 is 2.62 bits per heavy atom. The first-order chi connectivity index (χ1) is 7.38. The Morgan fingerprint density at radius 2 is 2.06 bits per heavy atom. The van der Waals surface area contributed by atoms with E-state index in [1.54, 1.807) is 18.2 Å². The van der Waals surface area contributed by atoms with Gasteiger partial charge >= 0.3 is 6.18 Å². The average Bonchev–Trinajstić information content (AvgIpc) is 2.15. The summed E-state index contributed by atoms with van der Waals surface area (Å²) in [5.74, 6) is 0. The third-order valence-corrected chi connectivity index (χ3v) is 2.44. The third-order valence-electron chi connectivity index (χ3n) is 2.21. The summed E-state index contributed by atoms with van der Waals surface area (Å²) in [6.07, 6.45) is -4.93. The normalized spacial score (nSPS) is 13.8. The molecule has 1 aromatic rings. The van der Waals surface area contributed by atoms with Crippen molar-refractivity contribution >= 4 is 11.6 Å². The van der Waals surface area contributed by atoms with Crippen molar-refractivity contribution in [3.8, 4) is 0 Å². The summed E-state index contributed by atoms with van der Waals surface area (Å²) in [6.45, 7) is 1.72. The van der Waals surface area contributed by atoms with Crippen molar-refractivity contribution in [3.63, 3.8) is 0 Å². The van der Waals surface area contributed by atoms with Crippen LogP contribution >= 0.6 is 11.6 Å². The van der Waals surface area contributed by atoms with E-state index in [9.17, 15) is 13.2 Å². The quantitative estimate of drug-likeness (QED) is 0.855. The SMILES string of the molecule is C[C@@H](NCCC(F)(F)F)c1cccc(Cl)c1. The van der Waals surface area contributed by atoms with Gasteiger partial charge in [-0.25, -0.2) is 0 Å². The molecule has 1 aromatic carbocycles. The molecule has 5 heteroatoms. The maximum Gasteiger partial charge on any atom is 0.390 e. The number of halogens is 4. The molecule has 1 N–H and O–H groups in total. The number of rotatable bonds is 4. The molecule has 0 aliphatic rings. The molecule has 1 atom stereocenters. The highest BCUT2D eigenvalue weighted by Crippen LogP contribution is 2.20. The van der Waals surface area contributed by atoms with Gasteiger partial charge in [0, 0.05) is 17.6 Å². The molecule has 0 unspecified atom stereocenters. The number of alkyl halides is 3. The largest absolute Gasteiger partial charge is 0.390 e. The van der Waals surface area contributed by atoms with Crippen LogP contribution in [0.3, 0.4) is 0 Å². The number of hydrogen-bond acceptors (Lipinski definition) is 1. The predicted octanol–water partition coefficient (Wildman–Crippen LogP) is 3.94. The van der Waals surface area contributed by atoms with Gasteiger partial charge in [-0.3, -0.25) is 0 Å². The number of benzene rings is 1. The van der Waals surface area contributed by atoms with Gasteiger partial charge in [0.2, 0.25) is 0 Å². The Balaban J connectivity index is 2.44. The molecule has 0 saturated heterocycles. The summed E-state index contributed by atoms with van der Waals surface area (Å²) in [4.78, 5) is 0. The zero-order valence-electron chi connectivity index (χ0n) is 8.81. The van der Waals surface area contributed by atoms with Crippen molar-refractivity contribution in [1.82, 2.24) is 5.32 Å². The predicted molar refractivity (Wildman–Crippen MR) is 58.5 cm³/mol. The molecule has 1 nitrogen and oxygen atoms in total. The molecule has 90 valence electrons. The smallest absolute Gasteiger partial charge is 0.310 e. The summed E-state index contributed by atoms with van der Waals surface area (Å²) in [7, 11) is 0. The minimum absolute atomic E-state index is 0.0861. The summed E-state index contributed by atoms with van der Waals surface area (Å²) in [5.41, 5.74) is 0.884. The van der Waals surface area contributed by atoms with Crippen LogP contribution in [0.4, 0.5) is 13.2 Å². The van der Waals surface area contributed by atoms with Gasteiger partial charge in [0.25, 0.3) is 0 Å². The summed E-state index contributed by atoms with van der Waals surface area (Å²) >= 11 is 5.79. The maximum absolute atomic E-state index is 11.9. The van der Waals surface area contributed by atoms with Gasteiger partial charge < -0.3 is 5.32 Å². The fourth-order valence-electron chi connectivity index (χ4n) is 1.32. The first-order valence-electron chi connectivity index (χ1n) is 4.94. The standard InChI is InChI=1S/C11H13ClF3N/c1-8(16-6-5-11(13,14)15)9-3-2-4-10(12)7-9/h2-4,7-8,16H,5-6H2,1H3/t8-/m1/s1. The summed E-state index contributed by atoms with van der Waals surface area (Å²) in [6, 6.07) is 6.94. The second-order valence-electron chi connectivity index (χ2n) is 3.60. The van der Waals surface area contributed by atoms with Gasteiger partial charge in [-0.1, -0.05) is 23.7 Å². The first kappa shape index (κ1) is 13.3. The molecule has 0 aliphatic heterocycles. The Labute approximate surface area is 97.6 Å². The lowest BCUT2D eigenvalue weighted by Crippen LogP contribution is -2.24. The van der Waals surface area contributed by atoms with Crippen LogP contribution < -0.4 is 5.32 Å². The van der Waals surface area contributed by atoms with Crippen LogP contribution in [0.25, 0.3) is 0 Å².